The minimum atomic E-state index is -0.462. The van der Waals surface area contributed by atoms with Crippen molar-refractivity contribution in [2.24, 2.45) is 0 Å². The fourth-order valence-electron chi connectivity index (χ4n) is 2.88. The average molecular weight is 436 g/mol. The highest BCUT2D eigenvalue weighted by Gasteiger charge is 2.10. The molecular weight excluding hydrogens is 406 g/mol. The molecule has 6 nitrogen and oxygen atoms in total. The normalized spacial score (nSPS) is 11.3. The van der Waals surface area contributed by atoms with Gasteiger partial charge in [0, 0.05) is 17.7 Å². The number of hydrogen-bond donors (Lipinski definition) is 0. The molecule has 0 aromatic heterocycles. The van der Waals surface area contributed by atoms with E-state index in [1.54, 1.807) is 36.4 Å². The molecular formula is C26H29NO5. The number of ketones is 1. The van der Waals surface area contributed by atoms with Gasteiger partial charge in [-0.3, -0.25) is 14.9 Å². The van der Waals surface area contributed by atoms with Gasteiger partial charge < -0.3 is 9.47 Å². The Balaban J connectivity index is 2.00. The van der Waals surface area contributed by atoms with Gasteiger partial charge in [-0.1, -0.05) is 23.3 Å². The van der Waals surface area contributed by atoms with Crippen molar-refractivity contribution in [3.8, 4) is 11.5 Å². The van der Waals surface area contributed by atoms with Gasteiger partial charge >= 0.3 is 0 Å². The van der Waals surface area contributed by atoms with Crippen LogP contribution in [-0.4, -0.2) is 24.4 Å². The zero-order valence-corrected chi connectivity index (χ0v) is 19.0. The molecule has 0 atom stereocenters. The first-order valence-electron chi connectivity index (χ1n) is 10.4. The molecule has 168 valence electrons. The predicted octanol–water partition coefficient (Wildman–Crippen LogP) is 6.57. The summed E-state index contributed by atoms with van der Waals surface area (Å²) in [7, 11) is 1.53. The zero-order chi connectivity index (χ0) is 23.5. The number of carbonyl (C=O) groups is 1. The fourth-order valence-corrected chi connectivity index (χ4v) is 2.88. The molecule has 2 aromatic carbocycles. The lowest BCUT2D eigenvalue weighted by Crippen LogP contribution is -2.00. The average Bonchev–Trinajstić information content (AvgIpc) is 2.77. The first-order valence-corrected chi connectivity index (χ1v) is 10.4. The van der Waals surface area contributed by atoms with Gasteiger partial charge in [-0.05, 0) is 81.7 Å². The van der Waals surface area contributed by atoms with Crippen LogP contribution in [0.2, 0.25) is 0 Å². The van der Waals surface area contributed by atoms with Crippen LogP contribution < -0.4 is 9.47 Å². The van der Waals surface area contributed by atoms with Crippen LogP contribution >= 0.6 is 0 Å². The second-order valence-corrected chi connectivity index (χ2v) is 7.59. The van der Waals surface area contributed by atoms with E-state index in [1.165, 1.54) is 36.5 Å². The number of ether oxygens (including phenoxy) is 2. The van der Waals surface area contributed by atoms with E-state index in [9.17, 15) is 14.9 Å². The molecule has 6 heteroatoms. The van der Waals surface area contributed by atoms with E-state index >= 15 is 0 Å². The van der Waals surface area contributed by atoms with Gasteiger partial charge in [-0.2, -0.15) is 0 Å². The molecule has 0 N–H and O–H groups in total. The summed E-state index contributed by atoms with van der Waals surface area (Å²) in [6, 6.07) is 11.0. The lowest BCUT2D eigenvalue weighted by atomic mass is 10.1. The summed E-state index contributed by atoms with van der Waals surface area (Å²) in [5.41, 5.74) is 3.73. The quantitative estimate of drug-likeness (QED) is 0.131. The molecule has 0 saturated carbocycles. The molecule has 0 amide bonds. The lowest BCUT2D eigenvalue weighted by Gasteiger charge is -2.10. The van der Waals surface area contributed by atoms with Crippen molar-refractivity contribution < 1.29 is 19.2 Å². The van der Waals surface area contributed by atoms with E-state index in [4.69, 9.17) is 9.47 Å². The minimum Gasteiger partial charge on any atom is -0.493 e. The van der Waals surface area contributed by atoms with Gasteiger partial charge in [0.25, 0.3) is 5.69 Å². The summed E-state index contributed by atoms with van der Waals surface area (Å²) in [6.07, 6.45) is 9.30. The molecule has 0 aliphatic carbocycles. The van der Waals surface area contributed by atoms with Gasteiger partial charge in [-0.25, -0.2) is 0 Å². The third kappa shape index (κ3) is 7.87. The van der Waals surface area contributed by atoms with E-state index in [0.29, 0.717) is 29.2 Å². The molecule has 0 aliphatic rings. The van der Waals surface area contributed by atoms with Crippen LogP contribution in [0, 0.1) is 10.1 Å². The Bertz CT molecular complexity index is 1030. The number of benzene rings is 2. The zero-order valence-electron chi connectivity index (χ0n) is 19.0. The maximum atomic E-state index is 12.5. The van der Waals surface area contributed by atoms with Crippen LogP contribution in [0.5, 0.6) is 11.5 Å². The summed E-state index contributed by atoms with van der Waals surface area (Å²) in [5, 5.41) is 10.7. The molecule has 2 rings (SSSR count). The molecule has 0 fully saturated rings. The molecule has 0 radical (unpaired) electrons. The third-order valence-corrected chi connectivity index (χ3v) is 4.74. The summed E-state index contributed by atoms with van der Waals surface area (Å²) >= 11 is 0. The Morgan fingerprint density at radius 2 is 1.75 bits per heavy atom. The first kappa shape index (κ1) is 24.6. The number of nitro groups is 1. The highest BCUT2D eigenvalue weighted by Crippen LogP contribution is 2.28. The lowest BCUT2D eigenvalue weighted by molar-refractivity contribution is -0.384. The van der Waals surface area contributed by atoms with Crippen molar-refractivity contribution in [1.82, 2.24) is 0 Å². The van der Waals surface area contributed by atoms with E-state index in [0.717, 1.165) is 12.8 Å². The van der Waals surface area contributed by atoms with Crippen molar-refractivity contribution in [1.29, 1.82) is 0 Å². The standard InChI is InChI=1S/C26H29NO5/c1-19(2)6-5-7-20(3)16-17-32-25-15-11-22(18-26(25)31-4)24(28)14-10-21-8-12-23(13-9-21)27(29)30/h6,8-16,18H,5,7,17H2,1-4H3/b14-10+,20-16+. The molecule has 32 heavy (non-hydrogen) atoms. The Morgan fingerprint density at radius 3 is 2.38 bits per heavy atom. The molecule has 0 bridgehead atoms. The van der Waals surface area contributed by atoms with E-state index in [1.807, 2.05) is 6.08 Å². The van der Waals surface area contributed by atoms with E-state index in [2.05, 4.69) is 26.8 Å². The van der Waals surface area contributed by atoms with Gasteiger partial charge in [0.1, 0.15) is 6.61 Å². The number of allylic oxidation sites excluding steroid dienone is 4. The SMILES string of the molecule is COc1cc(C(=O)/C=C/c2ccc([N+](=O)[O-])cc2)ccc1OC/C=C(\C)CCC=C(C)C. The largest absolute Gasteiger partial charge is 0.493 e. The predicted molar refractivity (Wildman–Crippen MR) is 127 cm³/mol. The van der Waals surface area contributed by atoms with Crippen molar-refractivity contribution in [2.45, 2.75) is 33.6 Å². The van der Waals surface area contributed by atoms with Crippen LogP contribution in [0.15, 0.2) is 71.8 Å². The summed E-state index contributed by atoms with van der Waals surface area (Å²) in [5.74, 6) is 0.843. The van der Waals surface area contributed by atoms with Crippen LogP contribution in [0.3, 0.4) is 0 Å². The van der Waals surface area contributed by atoms with Crippen molar-refractivity contribution in [3.63, 3.8) is 0 Å². The van der Waals surface area contributed by atoms with Crippen LogP contribution in [-0.2, 0) is 0 Å². The second-order valence-electron chi connectivity index (χ2n) is 7.59. The highest BCUT2D eigenvalue weighted by molar-refractivity contribution is 6.07. The first-order chi connectivity index (χ1) is 15.3. The number of nitrogens with zero attached hydrogens (tertiary/aromatic N) is 1. The number of rotatable bonds is 11. The molecule has 0 heterocycles. The topological polar surface area (TPSA) is 78.7 Å². The molecule has 0 saturated heterocycles. The number of carbonyl (C=O) groups excluding carboxylic acids is 1. The Kier molecular flexibility index (Phi) is 9.42. The van der Waals surface area contributed by atoms with Crippen LogP contribution in [0.1, 0.15) is 49.5 Å². The summed E-state index contributed by atoms with van der Waals surface area (Å²) in [6.45, 7) is 6.69. The monoisotopic (exact) mass is 435 g/mol. The summed E-state index contributed by atoms with van der Waals surface area (Å²) < 4.78 is 11.2. The Morgan fingerprint density at radius 1 is 1.03 bits per heavy atom. The number of nitro benzene ring substituents is 1. The molecule has 0 spiro atoms. The fraction of sp³-hybridized carbons (Fsp3) is 0.269. The maximum absolute atomic E-state index is 12.5. The maximum Gasteiger partial charge on any atom is 0.269 e. The molecule has 0 unspecified atom stereocenters. The Labute approximate surface area is 189 Å². The third-order valence-electron chi connectivity index (χ3n) is 4.74. The minimum absolute atomic E-state index is 0.00624. The number of hydrogen-bond acceptors (Lipinski definition) is 5. The number of methoxy groups -OCH3 is 1. The van der Waals surface area contributed by atoms with Crippen LogP contribution in [0.4, 0.5) is 5.69 Å². The van der Waals surface area contributed by atoms with E-state index in [-0.39, 0.29) is 11.5 Å². The van der Waals surface area contributed by atoms with Crippen LogP contribution in [0.25, 0.3) is 6.08 Å². The van der Waals surface area contributed by atoms with E-state index < -0.39 is 4.92 Å². The smallest absolute Gasteiger partial charge is 0.269 e. The summed E-state index contributed by atoms with van der Waals surface area (Å²) in [4.78, 5) is 22.8. The van der Waals surface area contributed by atoms with Crippen molar-refractivity contribution in [3.05, 3.63) is 93.1 Å². The van der Waals surface area contributed by atoms with Gasteiger partial charge in [0.15, 0.2) is 17.3 Å². The number of non-ortho nitro benzene ring substituents is 1. The van der Waals surface area contributed by atoms with Gasteiger partial charge in [0.2, 0.25) is 0 Å². The highest BCUT2D eigenvalue weighted by atomic mass is 16.6. The Hall–Kier alpha value is -3.67. The van der Waals surface area contributed by atoms with Crippen molar-refractivity contribution in [2.75, 3.05) is 13.7 Å². The van der Waals surface area contributed by atoms with Gasteiger partial charge in [-0.15, -0.1) is 0 Å². The van der Waals surface area contributed by atoms with Crippen molar-refractivity contribution >= 4 is 17.5 Å². The molecule has 2 aromatic rings. The second kappa shape index (κ2) is 12.2. The molecule has 0 aliphatic heterocycles. The van der Waals surface area contributed by atoms with Gasteiger partial charge in [0.05, 0.1) is 12.0 Å².